The Kier molecular flexibility index (Phi) is 3.39. The molecule has 0 aliphatic rings. The fourth-order valence-electron chi connectivity index (χ4n) is 1.13. The van der Waals surface area contributed by atoms with Gasteiger partial charge in [0.1, 0.15) is 11.8 Å². The van der Waals surface area contributed by atoms with Crippen molar-refractivity contribution in [3.8, 4) is 17.9 Å². The maximum absolute atomic E-state index is 12.1. The van der Waals surface area contributed by atoms with Crippen LogP contribution in [0.1, 0.15) is 11.3 Å². The standard InChI is InChI=1S/C9H5F3N4O/c10-9(11,12)17-8-5(1-2-13)7(3-14)16-4-6(8)15/h4H,1,15H2. The quantitative estimate of drug-likeness (QED) is 0.847. The average Bonchev–Trinajstić information content (AvgIpc) is 2.22. The lowest BCUT2D eigenvalue weighted by Gasteiger charge is -2.14. The number of hydrogen-bond donors (Lipinski definition) is 1. The van der Waals surface area contributed by atoms with Crippen LogP contribution < -0.4 is 10.5 Å². The van der Waals surface area contributed by atoms with Crippen LogP contribution >= 0.6 is 0 Å². The number of nitrogens with zero attached hydrogens (tertiary/aromatic N) is 3. The van der Waals surface area contributed by atoms with Crippen molar-refractivity contribution in [2.75, 3.05) is 5.73 Å². The number of aromatic nitrogens is 1. The van der Waals surface area contributed by atoms with Crippen LogP contribution in [0.5, 0.6) is 5.75 Å². The molecule has 2 N–H and O–H groups in total. The summed E-state index contributed by atoms with van der Waals surface area (Å²) in [6.07, 6.45) is -4.53. The molecule has 0 spiro atoms. The Morgan fingerprint density at radius 3 is 2.53 bits per heavy atom. The Balaban J connectivity index is 3.36. The van der Waals surface area contributed by atoms with E-state index in [1.165, 1.54) is 0 Å². The Morgan fingerprint density at radius 1 is 1.41 bits per heavy atom. The molecule has 0 aliphatic heterocycles. The molecule has 0 radical (unpaired) electrons. The van der Waals surface area contributed by atoms with E-state index in [4.69, 9.17) is 16.3 Å². The highest BCUT2D eigenvalue weighted by molar-refractivity contribution is 5.59. The van der Waals surface area contributed by atoms with Crippen LogP contribution in [-0.4, -0.2) is 11.3 Å². The highest BCUT2D eigenvalue weighted by Gasteiger charge is 2.34. The van der Waals surface area contributed by atoms with Gasteiger partial charge in [-0.15, -0.1) is 13.2 Å². The van der Waals surface area contributed by atoms with E-state index in [1.54, 1.807) is 12.1 Å². The van der Waals surface area contributed by atoms with Crippen LogP contribution in [0.25, 0.3) is 0 Å². The summed E-state index contributed by atoms with van der Waals surface area (Å²) in [6.45, 7) is 0. The molecule has 5 nitrogen and oxygen atoms in total. The van der Waals surface area contributed by atoms with Crippen molar-refractivity contribution in [1.82, 2.24) is 4.98 Å². The first-order valence-electron chi connectivity index (χ1n) is 4.19. The topological polar surface area (TPSA) is 95.7 Å². The smallest absolute Gasteiger partial charge is 0.403 e. The number of alkyl halides is 3. The van der Waals surface area contributed by atoms with Gasteiger partial charge in [0.2, 0.25) is 0 Å². The Bertz CT molecular complexity index is 513. The molecule has 0 fully saturated rings. The van der Waals surface area contributed by atoms with Crippen molar-refractivity contribution >= 4 is 5.69 Å². The number of halogens is 3. The van der Waals surface area contributed by atoms with Crippen LogP contribution in [0.3, 0.4) is 0 Å². The summed E-state index contributed by atoms with van der Waals surface area (Å²) in [7, 11) is 0. The monoisotopic (exact) mass is 242 g/mol. The molecule has 1 aromatic heterocycles. The van der Waals surface area contributed by atoms with Crippen LogP contribution in [0.4, 0.5) is 18.9 Å². The molecule has 0 saturated heterocycles. The average molecular weight is 242 g/mol. The molecular formula is C9H5F3N4O. The lowest BCUT2D eigenvalue weighted by Crippen LogP contribution is -2.19. The van der Waals surface area contributed by atoms with Gasteiger partial charge in [0.05, 0.1) is 24.4 Å². The molecule has 0 bridgehead atoms. The SMILES string of the molecule is N#CCc1c(C#N)ncc(N)c1OC(F)(F)F. The van der Waals surface area contributed by atoms with Gasteiger partial charge in [0.15, 0.2) is 5.75 Å². The molecule has 8 heteroatoms. The van der Waals surface area contributed by atoms with Gasteiger partial charge in [-0.2, -0.15) is 10.5 Å². The van der Waals surface area contributed by atoms with Gasteiger partial charge in [0.25, 0.3) is 0 Å². The summed E-state index contributed by atoms with van der Waals surface area (Å²) in [5, 5.41) is 17.1. The minimum atomic E-state index is -4.95. The Hall–Kier alpha value is -2.48. The van der Waals surface area contributed by atoms with Gasteiger partial charge < -0.3 is 10.5 Å². The minimum Gasteiger partial charge on any atom is -0.403 e. The van der Waals surface area contributed by atoms with Crippen LogP contribution in [-0.2, 0) is 6.42 Å². The second-order valence-corrected chi connectivity index (χ2v) is 2.86. The zero-order valence-corrected chi connectivity index (χ0v) is 8.25. The number of hydrogen-bond acceptors (Lipinski definition) is 5. The predicted octanol–water partition coefficient (Wildman–Crippen LogP) is 1.50. The Labute approximate surface area is 93.8 Å². The third-order valence-corrected chi connectivity index (χ3v) is 1.73. The fraction of sp³-hybridized carbons (Fsp3) is 0.222. The third kappa shape index (κ3) is 2.98. The van der Waals surface area contributed by atoms with Gasteiger partial charge in [-0.25, -0.2) is 4.98 Å². The van der Waals surface area contributed by atoms with E-state index < -0.39 is 18.5 Å². The summed E-state index contributed by atoms with van der Waals surface area (Å²) < 4.78 is 40.0. The fourth-order valence-corrected chi connectivity index (χ4v) is 1.13. The van der Waals surface area contributed by atoms with Gasteiger partial charge in [0, 0.05) is 5.56 Å². The number of ether oxygens (including phenoxy) is 1. The second kappa shape index (κ2) is 4.58. The maximum atomic E-state index is 12.1. The van der Waals surface area contributed by atoms with Gasteiger partial charge >= 0.3 is 6.36 Å². The highest BCUT2D eigenvalue weighted by atomic mass is 19.4. The van der Waals surface area contributed by atoms with Crippen LogP contribution in [0.2, 0.25) is 0 Å². The molecule has 0 aromatic carbocycles. The van der Waals surface area contributed by atoms with Crippen molar-refractivity contribution in [1.29, 1.82) is 10.5 Å². The summed E-state index contributed by atoms with van der Waals surface area (Å²) in [6, 6.07) is 3.19. The molecular weight excluding hydrogens is 237 g/mol. The van der Waals surface area contributed by atoms with Crippen molar-refractivity contribution in [2.45, 2.75) is 12.8 Å². The first-order valence-corrected chi connectivity index (χ1v) is 4.19. The molecule has 1 heterocycles. The van der Waals surface area contributed by atoms with E-state index >= 15 is 0 Å². The van der Waals surface area contributed by atoms with Crippen molar-refractivity contribution in [3.63, 3.8) is 0 Å². The predicted molar refractivity (Wildman–Crippen MR) is 49.4 cm³/mol. The van der Waals surface area contributed by atoms with E-state index in [2.05, 4.69) is 9.72 Å². The third-order valence-electron chi connectivity index (χ3n) is 1.73. The minimum absolute atomic E-state index is 0.271. The summed E-state index contributed by atoms with van der Waals surface area (Å²) in [4.78, 5) is 3.52. The molecule has 0 unspecified atom stereocenters. The molecule has 0 amide bonds. The molecule has 17 heavy (non-hydrogen) atoms. The molecule has 0 aliphatic carbocycles. The molecule has 88 valence electrons. The summed E-state index contributed by atoms with van der Waals surface area (Å²) >= 11 is 0. The summed E-state index contributed by atoms with van der Waals surface area (Å²) in [5.41, 5.74) is 4.30. The number of anilines is 1. The second-order valence-electron chi connectivity index (χ2n) is 2.86. The van der Waals surface area contributed by atoms with E-state index in [9.17, 15) is 13.2 Å². The van der Waals surface area contributed by atoms with Crippen molar-refractivity contribution < 1.29 is 17.9 Å². The van der Waals surface area contributed by atoms with Crippen molar-refractivity contribution in [3.05, 3.63) is 17.5 Å². The van der Waals surface area contributed by atoms with Gasteiger partial charge in [-0.3, -0.25) is 0 Å². The number of pyridine rings is 1. The number of nitriles is 2. The first-order chi connectivity index (χ1) is 7.89. The van der Waals surface area contributed by atoms with Gasteiger partial charge in [-0.1, -0.05) is 0 Å². The van der Waals surface area contributed by atoms with E-state index in [0.29, 0.717) is 0 Å². The van der Waals surface area contributed by atoms with Crippen LogP contribution in [0.15, 0.2) is 6.20 Å². The number of nitrogens with two attached hydrogens (primary N) is 1. The number of rotatable bonds is 2. The lowest BCUT2D eigenvalue weighted by atomic mass is 10.1. The molecule has 0 saturated carbocycles. The molecule has 0 atom stereocenters. The van der Waals surface area contributed by atoms with E-state index in [0.717, 1.165) is 6.20 Å². The van der Waals surface area contributed by atoms with E-state index in [-0.39, 0.29) is 16.9 Å². The molecule has 1 rings (SSSR count). The van der Waals surface area contributed by atoms with Gasteiger partial charge in [-0.05, 0) is 0 Å². The highest BCUT2D eigenvalue weighted by Crippen LogP contribution is 2.33. The lowest BCUT2D eigenvalue weighted by molar-refractivity contribution is -0.274. The molecule has 1 aromatic rings. The number of nitrogen functional groups attached to an aromatic ring is 1. The maximum Gasteiger partial charge on any atom is 0.573 e. The van der Waals surface area contributed by atoms with Crippen LogP contribution in [0, 0.1) is 22.7 Å². The largest absolute Gasteiger partial charge is 0.573 e. The van der Waals surface area contributed by atoms with Crippen molar-refractivity contribution in [2.24, 2.45) is 0 Å². The Morgan fingerprint density at radius 2 is 2.06 bits per heavy atom. The summed E-state index contributed by atoms with van der Waals surface area (Å²) in [5.74, 6) is -0.745. The van der Waals surface area contributed by atoms with E-state index in [1.807, 2.05) is 0 Å². The zero-order chi connectivity index (χ0) is 13.1. The zero-order valence-electron chi connectivity index (χ0n) is 8.25. The first kappa shape index (κ1) is 12.6. The normalized spacial score (nSPS) is 10.4.